The highest BCUT2D eigenvalue weighted by molar-refractivity contribution is 7.15. The minimum Gasteiger partial charge on any atom is -0.497 e. The Morgan fingerprint density at radius 1 is 1.35 bits per heavy atom. The first-order valence-electron chi connectivity index (χ1n) is 8.60. The van der Waals surface area contributed by atoms with E-state index in [0.717, 1.165) is 23.4 Å². The van der Waals surface area contributed by atoms with Crippen LogP contribution < -0.4 is 10.1 Å². The third kappa shape index (κ3) is 3.16. The van der Waals surface area contributed by atoms with Crippen molar-refractivity contribution in [3.8, 4) is 5.75 Å². The summed E-state index contributed by atoms with van der Waals surface area (Å²) in [6, 6.07) is 7.17. The molecule has 7 nitrogen and oxygen atoms in total. The van der Waals surface area contributed by atoms with E-state index in [9.17, 15) is 9.59 Å². The predicted molar refractivity (Wildman–Crippen MR) is 97.1 cm³/mol. The fourth-order valence-corrected chi connectivity index (χ4v) is 4.28. The number of rotatable bonds is 5. The molecule has 8 heteroatoms. The van der Waals surface area contributed by atoms with Crippen molar-refractivity contribution < 1.29 is 14.3 Å². The molecule has 1 aromatic carbocycles. The first kappa shape index (κ1) is 17.0. The van der Waals surface area contributed by atoms with Crippen molar-refractivity contribution in [2.24, 2.45) is 5.92 Å². The number of anilines is 1. The molecule has 4 rings (SSSR count). The molecule has 1 aromatic heterocycles. The zero-order chi connectivity index (χ0) is 18.3. The fraction of sp³-hybridized carbons (Fsp3) is 0.444. The summed E-state index contributed by atoms with van der Waals surface area (Å²) >= 11 is 1.42. The highest BCUT2D eigenvalue weighted by atomic mass is 32.1. The molecule has 2 amide bonds. The van der Waals surface area contributed by atoms with Crippen LogP contribution in [0.2, 0.25) is 0 Å². The molecule has 2 aromatic rings. The van der Waals surface area contributed by atoms with Gasteiger partial charge in [0.25, 0.3) is 0 Å². The molecule has 1 aliphatic heterocycles. The number of nitrogens with zero attached hydrogens (tertiary/aromatic N) is 3. The van der Waals surface area contributed by atoms with E-state index in [0.29, 0.717) is 16.8 Å². The molecular formula is C18H20N4O3S. The number of methoxy groups -OCH3 is 1. The van der Waals surface area contributed by atoms with Gasteiger partial charge < -0.3 is 15.0 Å². The number of likely N-dealkylation sites (tertiary alicyclic amines) is 1. The number of nitrogens with one attached hydrogen (secondary N) is 1. The van der Waals surface area contributed by atoms with Gasteiger partial charge in [0.2, 0.25) is 16.9 Å². The number of hydrogen-bond donors (Lipinski definition) is 1. The molecule has 1 saturated heterocycles. The lowest BCUT2D eigenvalue weighted by atomic mass is 9.93. The zero-order valence-electron chi connectivity index (χ0n) is 14.6. The molecule has 1 saturated carbocycles. The van der Waals surface area contributed by atoms with Crippen molar-refractivity contribution in [2.75, 3.05) is 19.5 Å². The van der Waals surface area contributed by atoms with E-state index in [2.05, 4.69) is 15.5 Å². The second kappa shape index (κ2) is 6.68. The van der Waals surface area contributed by atoms with Crippen LogP contribution in [0.5, 0.6) is 5.75 Å². The normalized spacial score (nSPS) is 22.5. The molecule has 1 N–H and O–H groups in total. The van der Waals surface area contributed by atoms with Gasteiger partial charge in [-0.2, -0.15) is 0 Å². The van der Waals surface area contributed by atoms with E-state index in [4.69, 9.17) is 4.74 Å². The molecule has 26 heavy (non-hydrogen) atoms. The number of ether oxygens (including phenoxy) is 1. The quantitative estimate of drug-likeness (QED) is 0.872. The number of carbonyl (C=O) groups excluding carboxylic acids is 2. The Balaban J connectivity index is 1.55. The molecule has 2 heterocycles. The fourth-order valence-electron chi connectivity index (χ4n) is 3.36. The van der Waals surface area contributed by atoms with E-state index in [1.807, 2.05) is 24.3 Å². The van der Waals surface area contributed by atoms with Crippen molar-refractivity contribution in [3.63, 3.8) is 0 Å². The monoisotopic (exact) mass is 372 g/mol. The Kier molecular flexibility index (Phi) is 4.36. The van der Waals surface area contributed by atoms with Gasteiger partial charge in [-0.1, -0.05) is 23.5 Å². The summed E-state index contributed by atoms with van der Waals surface area (Å²) in [7, 11) is 3.33. The van der Waals surface area contributed by atoms with Crippen molar-refractivity contribution in [3.05, 3.63) is 34.8 Å². The summed E-state index contributed by atoms with van der Waals surface area (Å²) < 4.78 is 5.28. The molecule has 0 unspecified atom stereocenters. The van der Waals surface area contributed by atoms with Gasteiger partial charge >= 0.3 is 0 Å². The Labute approximate surface area is 155 Å². The minimum atomic E-state index is -0.479. The lowest BCUT2D eigenvalue weighted by molar-refractivity contribution is -0.127. The summed E-state index contributed by atoms with van der Waals surface area (Å²) in [6.07, 6.45) is 2.46. The number of hydrogen-bond acceptors (Lipinski definition) is 6. The van der Waals surface area contributed by atoms with Crippen LogP contribution in [-0.4, -0.2) is 41.1 Å². The Hall–Kier alpha value is -2.48. The third-order valence-corrected chi connectivity index (χ3v) is 5.96. The molecule has 0 radical (unpaired) electrons. The van der Waals surface area contributed by atoms with E-state index in [1.54, 1.807) is 19.1 Å². The number of carbonyl (C=O) groups is 2. The van der Waals surface area contributed by atoms with Gasteiger partial charge in [-0.15, -0.1) is 10.2 Å². The molecule has 2 aliphatic rings. The predicted octanol–water partition coefficient (Wildman–Crippen LogP) is 2.58. The Morgan fingerprint density at radius 2 is 2.15 bits per heavy atom. The van der Waals surface area contributed by atoms with Crippen molar-refractivity contribution in [2.45, 2.75) is 31.2 Å². The standard InChI is InChI=1S/C18H20N4O3S/c1-22-14(23)9-13(15(22)11-4-3-5-12(8-11)25-2)16(24)19-18-21-20-17(26-18)10-6-7-10/h3-5,8,10,13,15H,6-7,9H2,1-2H3,(H,19,21,24)/t13-,15-/m0/s1. The number of aromatic nitrogens is 2. The lowest BCUT2D eigenvalue weighted by Crippen LogP contribution is -2.30. The van der Waals surface area contributed by atoms with Gasteiger partial charge in [0.1, 0.15) is 10.8 Å². The minimum absolute atomic E-state index is 0.0473. The molecule has 0 bridgehead atoms. The summed E-state index contributed by atoms with van der Waals surface area (Å²) in [4.78, 5) is 26.8. The second-order valence-corrected chi connectivity index (χ2v) is 7.75. The first-order chi connectivity index (χ1) is 12.6. The molecule has 2 fully saturated rings. The second-order valence-electron chi connectivity index (χ2n) is 6.75. The van der Waals surface area contributed by atoms with Crippen LogP contribution in [0.15, 0.2) is 24.3 Å². The largest absolute Gasteiger partial charge is 0.497 e. The third-order valence-electron chi connectivity index (χ3n) is 4.96. The van der Waals surface area contributed by atoms with Gasteiger partial charge in [0.05, 0.1) is 19.1 Å². The maximum atomic E-state index is 12.9. The number of amides is 2. The van der Waals surface area contributed by atoms with Crippen LogP contribution in [0.1, 0.15) is 41.8 Å². The first-order valence-corrected chi connectivity index (χ1v) is 9.42. The van der Waals surface area contributed by atoms with Crippen LogP contribution >= 0.6 is 11.3 Å². The van der Waals surface area contributed by atoms with Gasteiger partial charge in [-0.05, 0) is 30.5 Å². The van der Waals surface area contributed by atoms with Crippen LogP contribution in [-0.2, 0) is 9.59 Å². The molecule has 136 valence electrons. The smallest absolute Gasteiger partial charge is 0.232 e. The Bertz CT molecular complexity index is 848. The molecule has 0 spiro atoms. The van der Waals surface area contributed by atoms with Crippen LogP contribution in [0, 0.1) is 5.92 Å². The SMILES string of the molecule is COc1cccc([C@H]2[C@@H](C(=O)Nc3nnc(C4CC4)s3)CC(=O)N2C)c1. The average molecular weight is 372 g/mol. The molecule has 2 atom stereocenters. The van der Waals surface area contributed by atoms with Gasteiger partial charge in [-0.3, -0.25) is 9.59 Å². The van der Waals surface area contributed by atoms with Crippen molar-refractivity contribution in [1.82, 2.24) is 15.1 Å². The van der Waals surface area contributed by atoms with E-state index >= 15 is 0 Å². The van der Waals surface area contributed by atoms with Gasteiger partial charge in [0.15, 0.2) is 0 Å². The average Bonchev–Trinajstić information content (AvgIpc) is 3.32. The molecular weight excluding hydrogens is 352 g/mol. The van der Waals surface area contributed by atoms with Crippen molar-refractivity contribution >= 4 is 28.3 Å². The van der Waals surface area contributed by atoms with E-state index in [-0.39, 0.29) is 24.3 Å². The van der Waals surface area contributed by atoms with Crippen molar-refractivity contribution in [1.29, 1.82) is 0 Å². The Morgan fingerprint density at radius 3 is 2.88 bits per heavy atom. The van der Waals surface area contributed by atoms with Crippen LogP contribution in [0.25, 0.3) is 0 Å². The molecule has 1 aliphatic carbocycles. The maximum Gasteiger partial charge on any atom is 0.232 e. The summed E-state index contributed by atoms with van der Waals surface area (Å²) in [5, 5.41) is 12.5. The van der Waals surface area contributed by atoms with Crippen LogP contribution in [0.4, 0.5) is 5.13 Å². The van der Waals surface area contributed by atoms with Gasteiger partial charge in [-0.25, -0.2) is 0 Å². The highest BCUT2D eigenvalue weighted by Gasteiger charge is 2.43. The van der Waals surface area contributed by atoms with Gasteiger partial charge in [0, 0.05) is 19.4 Å². The topological polar surface area (TPSA) is 84.4 Å². The summed E-state index contributed by atoms with van der Waals surface area (Å²) in [5.74, 6) is 0.477. The maximum absolute atomic E-state index is 12.9. The number of benzene rings is 1. The summed E-state index contributed by atoms with van der Waals surface area (Å²) in [6.45, 7) is 0. The van der Waals surface area contributed by atoms with E-state index < -0.39 is 5.92 Å². The highest BCUT2D eigenvalue weighted by Crippen LogP contribution is 2.43. The van der Waals surface area contributed by atoms with Crippen LogP contribution in [0.3, 0.4) is 0 Å². The zero-order valence-corrected chi connectivity index (χ0v) is 15.5. The summed E-state index contributed by atoms with van der Waals surface area (Å²) in [5.41, 5.74) is 0.883. The lowest BCUT2D eigenvalue weighted by Gasteiger charge is -2.25. The van der Waals surface area contributed by atoms with E-state index in [1.165, 1.54) is 11.3 Å².